The maximum atomic E-state index is 12.6. The number of hydrogen-bond donors (Lipinski definition) is 1. The summed E-state index contributed by atoms with van der Waals surface area (Å²) in [7, 11) is -3.42. The van der Waals surface area contributed by atoms with Gasteiger partial charge in [0.15, 0.2) is 21.3 Å². The first-order valence-electron chi connectivity index (χ1n) is 9.18. The van der Waals surface area contributed by atoms with Crippen molar-refractivity contribution in [3.8, 4) is 17.4 Å². The topological polar surface area (TPSA) is 94.6 Å². The van der Waals surface area contributed by atoms with Crippen molar-refractivity contribution in [2.24, 2.45) is 0 Å². The van der Waals surface area contributed by atoms with E-state index in [4.69, 9.17) is 16.3 Å². The lowest BCUT2D eigenvalue weighted by atomic mass is 10.2. The standard InChI is InChI=1S/C21H16ClF3N2O5S/c1-33(29,30)15-7-6-14(16(22)11-15)12-27-20(28)13-8-9-26-19(10-13)31-17-4-2-3-5-18(17)32-21(23,24)25/h2-11H,12H2,1H3,(H,27,28). The second kappa shape index (κ2) is 9.67. The summed E-state index contributed by atoms with van der Waals surface area (Å²) in [5.41, 5.74) is 0.610. The van der Waals surface area contributed by atoms with Crippen molar-refractivity contribution in [2.45, 2.75) is 17.8 Å². The van der Waals surface area contributed by atoms with Crippen molar-refractivity contribution in [3.63, 3.8) is 0 Å². The van der Waals surface area contributed by atoms with Gasteiger partial charge in [-0.25, -0.2) is 13.4 Å². The van der Waals surface area contributed by atoms with Crippen LogP contribution in [0, 0.1) is 0 Å². The van der Waals surface area contributed by atoms with Crippen LogP contribution < -0.4 is 14.8 Å². The van der Waals surface area contributed by atoms with E-state index in [-0.39, 0.29) is 33.7 Å². The van der Waals surface area contributed by atoms with Crippen LogP contribution in [0.2, 0.25) is 5.02 Å². The van der Waals surface area contributed by atoms with Crippen molar-refractivity contribution >= 4 is 27.3 Å². The number of carbonyl (C=O) groups excluding carboxylic acids is 1. The van der Waals surface area contributed by atoms with Crippen LogP contribution in [-0.4, -0.2) is 31.9 Å². The van der Waals surface area contributed by atoms with Crippen LogP contribution in [0.4, 0.5) is 13.2 Å². The molecule has 0 unspecified atom stereocenters. The predicted octanol–water partition coefficient (Wildman–Crippen LogP) is 4.76. The Morgan fingerprint density at radius 2 is 1.79 bits per heavy atom. The first-order chi connectivity index (χ1) is 15.4. The lowest BCUT2D eigenvalue weighted by molar-refractivity contribution is -0.275. The van der Waals surface area contributed by atoms with Crippen LogP contribution >= 0.6 is 11.6 Å². The molecule has 0 atom stereocenters. The molecule has 2 aromatic carbocycles. The average Bonchev–Trinajstić information content (AvgIpc) is 2.72. The Labute approximate surface area is 192 Å². The Kier molecular flexibility index (Phi) is 7.13. The highest BCUT2D eigenvalue weighted by Gasteiger charge is 2.32. The monoisotopic (exact) mass is 500 g/mol. The molecule has 7 nitrogen and oxygen atoms in total. The van der Waals surface area contributed by atoms with E-state index in [9.17, 15) is 26.4 Å². The number of alkyl halides is 3. The summed E-state index contributed by atoms with van der Waals surface area (Å²) in [6.07, 6.45) is -2.60. The summed E-state index contributed by atoms with van der Waals surface area (Å²) in [5.74, 6) is -1.46. The Morgan fingerprint density at radius 3 is 2.42 bits per heavy atom. The van der Waals surface area contributed by atoms with E-state index < -0.39 is 27.9 Å². The zero-order chi connectivity index (χ0) is 24.2. The minimum atomic E-state index is -4.91. The fraction of sp³-hybridized carbons (Fsp3) is 0.143. The average molecular weight is 501 g/mol. The first kappa shape index (κ1) is 24.3. The summed E-state index contributed by atoms with van der Waals surface area (Å²) in [6, 6.07) is 11.9. The number of pyridine rings is 1. The van der Waals surface area contributed by atoms with Gasteiger partial charge in [0.05, 0.1) is 4.90 Å². The number of benzene rings is 2. The number of carbonyl (C=O) groups is 1. The molecule has 0 spiro atoms. The highest BCUT2D eigenvalue weighted by molar-refractivity contribution is 7.90. The van der Waals surface area contributed by atoms with Gasteiger partial charge in [-0.15, -0.1) is 13.2 Å². The number of amides is 1. The number of nitrogens with one attached hydrogen (secondary N) is 1. The largest absolute Gasteiger partial charge is 0.573 e. The van der Waals surface area contributed by atoms with E-state index in [1.807, 2.05) is 0 Å². The molecular weight excluding hydrogens is 485 g/mol. The molecule has 3 aromatic rings. The Morgan fingerprint density at radius 1 is 1.09 bits per heavy atom. The molecule has 3 rings (SSSR count). The van der Waals surface area contributed by atoms with Crippen molar-refractivity contribution < 1.29 is 35.9 Å². The van der Waals surface area contributed by atoms with Crippen LogP contribution in [0.5, 0.6) is 17.4 Å². The van der Waals surface area contributed by atoms with Gasteiger partial charge in [0, 0.05) is 35.6 Å². The molecule has 0 aliphatic carbocycles. The molecule has 0 bridgehead atoms. The van der Waals surface area contributed by atoms with Gasteiger partial charge in [-0.2, -0.15) is 0 Å². The first-order valence-corrected chi connectivity index (χ1v) is 11.4. The normalized spacial score (nSPS) is 11.7. The molecule has 0 fully saturated rings. The number of halogens is 4. The summed E-state index contributed by atoms with van der Waals surface area (Å²) in [6.45, 7) is 0.00246. The molecule has 0 aliphatic heterocycles. The molecule has 33 heavy (non-hydrogen) atoms. The third kappa shape index (κ3) is 6.83. The second-order valence-corrected chi connectivity index (χ2v) is 9.11. The highest BCUT2D eigenvalue weighted by Crippen LogP contribution is 2.34. The maximum absolute atomic E-state index is 12.6. The van der Waals surface area contributed by atoms with E-state index in [0.29, 0.717) is 5.56 Å². The molecule has 1 amide bonds. The Hall–Kier alpha value is -3.31. The fourth-order valence-corrected chi connectivity index (χ4v) is 3.60. The molecule has 1 N–H and O–H groups in total. The lowest BCUT2D eigenvalue weighted by Crippen LogP contribution is -2.23. The quantitative estimate of drug-likeness (QED) is 0.502. The van der Waals surface area contributed by atoms with Gasteiger partial charge in [0.1, 0.15) is 0 Å². The summed E-state index contributed by atoms with van der Waals surface area (Å²) in [5, 5.41) is 2.78. The summed E-state index contributed by atoms with van der Waals surface area (Å²) >= 11 is 6.10. The minimum absolute atomic E-state index is 0.00246. The van der Waals surface area contributed by atoms with Crippen LogP contribution in [0.1, 0.15) is 15.9 Å². The zero-order valence-corrected chi connectivity index (χ0v) is 18.5. The second-order valence-electron chi connectivity index (χ2n) is 6.69. The van der Waals surface area contributed by atoms with E-state index in [2.05, 4.69) is 15.0 Å². The summed E-state index contributed by atoms with van der Waals surface area (Å²) < 4.78 is 70.2. The Balaban J connectivity index is 1.71. The Bertz CT molecular complexity index is 1280. The predicted molar refractivity (Wildman–Crippen MR) is 113 cm³/mol. The molecule has 174 valence electrons. The van der Waals surface area contributed by atoms with Crippen molar-refractivity contribution in [1.29, 1.82) is 0 Å². The number of sulfone groups is 1. The molecule has 1 heterocycles. The van der Waals surface area contributed by atoms with Crippen molar-refractivity contribution in [2.75, 3.05) is 6.26 Å². The van der Waals surface area contributed by atoms with Crippen molar-refractivity contribution in [1.82, 2.24) is 10.3 Å². The highest BCUT2D eigenvalue weighted by atomic mass is 35.5. The van der Waals surface area contributed by atoms with Gasteiger partial charge in [-0.3, -0.25) is 4.79 Å². The molecular formula is C21H16ClF3N2O5S. The SMILES string of the molecule is CS(=O)(=O)c1ccc(CNC(=O)c2ccnc(Oc3ccccc3OC(F)(F)F)c2)c(Cl)c1. The van der Waals surface area contributed by atoms with E-state index in [1.54, 1.807) is 0 Å². The number of hydrogen-bond acceptors (Lipinski definition) is 6. The van der Waals surface area contributed by atoms with Gasteiger partial charge in [-0.1, -0.05) is 29.8 Å². The van der Waals surface area contributed by atoms with Crippen LogP contribution in [-0.2, 0) is 16.4 Å². The lowest BCUT2D eigenvalue weighted by Gasteiger charge is -2.13. The molecule has 1 aromatic heterocycles. The third-order valence-electron chi connectivity index (χ3n) is 4.18. The molecule has 12 heteroatoms. The van der Waals surface area contributed by atoms with E-state index in [1.165, 1.54) is 54.7 Å². The van der Waals surface area contributed by atoms with E-state index >= 15 is 0 Å². The molecule has 0 aliphatic rings. The van der Waals surface area contributed by atoms with Crippen LogP contribution in [0.3, 0.4) is 0 Å². The number of aromatic nitrogens is 1. The number of ether oxygens (including phenoxy) is 2. The van der Waals surface area contributed by atoms with Gasteiger partial charge in [-0.05, 0) is 35.9 Å². The van der Waals surface area contributed by atoms with Gasteiger partial charge >= 0.3 is 6.36 Å². The van der Waals surface area contributed by atoms with Crippen LogP contribution in [0.15, 0.2) is 65.7 Å². The smallest absolute Gasteiger partial charge is 0.435 e. The van der Waals surface area contributed by atoms with Gasteiger partial charge in [0.2, 0.25) is 5.88 Å². The zero-order valence-electron chi connectivity index (χ0n) is 16.9. The van der Waals surface area contributed by atoms with E-state index in [0.717, 1.165) is 12.3 Å². The molecule has 0 saturated heterocycles. The molecule has 0 saturated carbocycles. The maximum Gasteiger partial charge on any atom is 0.573 e. The van der Waals surface area contributed by atoms with Gasteiger partial charge in [0.25, 0.3) is 5.91 Å². The number of para-hydroxylation sites is 2. The summed E-state index contributed by atoms with van der Waals surface area (Å²) in [4.78, 5) is 16.5. The number of nitrogens with zero attached hydrogens (tertiary/aromatic N) is 1. The van der Waals surface area contributed by atoms with Crippen LogP contribution in [0.25, 0.3) is 0 Å². The molecule has 0 radical (unpaired) electrons. The third-order valence-corrected chi connectivity index (χ3v) is 5.64. The van der Waals surface area contributed by atoms with Crippen molar-refractivity contribution in [3.05, 3.63) is 76.9 Å². The van der Waals surface area contributed by atoms with Gasteiger partial charge < -0.3 is 14.8 Å². The number of rotatable bonds is 7. The fourth-order valence-electron chi connectivity index (χ4n) is 2.64. The minimum Gasteiger partial charge on any atom is -0.435 e.